The Morgan fingerprint density at radius 2 is 2.04 bits per heavy atom. The van der Waals surface area contributed by atoms with Crippen molar-refractivity contribution < 1.29 is 14.0 Å². The summed E-state index contributed by atoms with van der Waals surface area (Å²) < 4.78 is 13.9. The van der Waals surface area contributed by atoms with Crippen molar-refractivity contribution in [3.8, 4) is 0 Å². The monoisotopic (exact) mass is 313 g/mol. The van der Waals surface area contributed by atoms with E-state index in [0.29, 0.717) is 24.0 Å². The summed E-state index contributed by atoms with van der Waals surface area (Å²) in [4.78, 5) is 24.3. The third-order valence-electron chi connectivity index (χ3n) is 3.92. The zero-order valence-electron chi connectivity index (χ0n) is 12.4. The molecule has 0 unspecified atom stereocenters. The molecule has 3 N–H and O–H groups in total. The number of anilines is 2. The van der Waals surface area contributed by atoms with Crippen LogP contribution >= 0.6 is 0 Å². The summed E-state index contributed by atoms with van der Waals surface area (Å²) >= 11 is 0. The number of aldehydes is 1. The summed E-state index contributed by atoms with van der Waals surface area (Å²) in [6.07, 6.45) is 0.707. The number of fused-ring (bicyclic) bond motifs is 1. The van der Waals surface area contributed by atoms with Crippen molar-refractivity contribution in [2.45, 2.75) is 13.1 Å². The number of halogens is 1. The molecule has 6 heteroatoms. The number of nitrogens with zero attached hydrogens (tertiary/aromatic N) is 1. The molecule has 0 radical (unpaired) electrons. The molecule has 2 aromatic carbocycles. The first-order valence-electron chi connectivity index (χ1n) is 7.23. The molecule has 1 amide bonds. The molecule has 1 aliphatic heterocycles. The highest BCUT2D eigenvalue weighted by atomic mass is 19.1. The van der Waals surface area contributed by atoms with Crippen LogP contribution in [0.5, 0.6) is 0 Å². The van der Waals surface area contributed by atoms with Gasteiger partial charge in [-0.05, 0) is 18.2 Å². The highest BCUT2D eigenvalue weighted by molar-refractivity contribution is 6.00. The summed E-state index contributed by atoms with van der Waals surface area (Å²) in [5.74, 6) is -0.600. The first-order valence-corrected chi connectivity index (χ1v) is 7.23. The van der Waals surface area contributed by atoms with E-state index in [9.17, 15) is 14.0 Å². The molecule has 0 saturated carbocycles. The van der Waals surface area contributed by atoms with Crippen molar-refractivity contribution in [3.05, 3.63) is 58.9 Å². The lowest BCUT2D eigenvalue weighted by Crippen LogP contribution is -2.25. The summed E-state index contributed by atoms with van der Waals surface area (Å²) in [5, 5.41) is 3.15. The Labute approximate surface area is 132 Å². The Bertz CT molecular complexity index is 776. The van der Waals surface area contributed by atoms with E-state index in [1.807, 2.05) is 6.07 Å². The van der Waals surface area contributed by atoms with Gasteiger partial charge in [0.1, 0.15) is 6.29 Å². The Hall–Kier alpha value is -2.89. The molecule has 23 heavy (non-hydrogen) atoms. The van der Waals surface area contributed by atoms with E-state index in [0.717, 1.165) is 11.3 Å². The summed E-state index contributed by atoms with van der Waals surface area (Å²) in [6.45, 7) is 0.696. The summed E-state index contributed by atoms with van der Waals surface area (Å²) in [5.41, 5.74) is 8.28. The van der Waals surface area contributed by atoms with Crippen LogP contribution in [0.3, 0.4) is 0 Å². The summed E-state index contributed by atoms with van der Waals surface area (Å²) in [7, 11) is 0. The molecule has 5 nitrogen and oxygen atoms in total. The minimum Gasteiger partial charge on any atom is -0.396 e. The van der Waals surface area contributed by atoms with Crippen molar-refractivity contribution in [1.29, 1.82) is 0 Å². The zero-order chi connectivity index (χ0) is 16.4. The molecule has 1 aliphatic rings. The SMILES string of the molecule is Nc1cccc(CNc2cccc3c2CN(CC=O)C3=O)c1F. The van der Waals surface area contributed by atoms with Gasteiger partial charge in [0, 0.05) is 35.5 Å². The van der Waals surface area contributed by atoms with Crippen LogP contribution in [-0.2, 0) is 17.9 Å². The van der Waals surface area contributed by atoms with E-state index < -0.39 is 5.82 Å². The van der Waals surface area contributed by atoms with Gasteiger partial charge in [0.15, 0.2) is 5.82 Å². The van der Waals surface area contributed by atoms with Crippen molar-refractivity contribution in [2.75, 3.05) is 17.6 Å². The maximum Gasteiger partial charge on any atom is 0.254 e. The molecule has 0 saturated heterocycles. The predicted molar refractivity (Wildman–Crippen MR) is 85.4 cm³/mol. The van der Waals surface area contributed by atoms with Crippen LogP contribution in [0.15, 0.2) is 36.4 Å². The van der Waals surface area contributed by atoms with E-state index in [1.165, 1.54) is 11.0 Å². The average molecular weight is 313 g/mol. The third-order valence-corrected chi connectivity index (χ3v) is 3.92. The van der Waals surface area contributed by atoms with Gasteiger partial charge in [-0.3, -0.25) is 4.79 Å². The molecule has 0 spiro atoms. The van der Waals surface area contributed by atoms with E-state index in [4.69, 9.17) is 5.73 Å². The third kappa shape index (κ3) is 2.75. The average Bonchev–Trinajstić information content (AvgIpc) is 2.86. The molecular weight excluding hydrogens is 297 g/mol. The first kappa shape index (κ1) is 15.0. The fourth-order valence-corrected chi connectivity index (χ4v) is 2.72. The van der Waals surface area contributed by atoms with Gasteiger partial charge in [-0.25, -0.2) is 4.39 Å². The maximum absolute atomic E-state index is 13.9. The van der Waals surface area contributed by atoms with E-state index in [1.54, 1.807) is 24.3 Å². The molecule has 3 rings (SSSR count). The molecule has 0 fully saturated rings. The van der Waals surface area contributed by atoms with Crippen molar-refractivity contribution >= 4 is 23.6 Å². The largest absolute Gasteiger partial charge is 0.396 e. The number of carbonyl (C=O) groups excluding carboxylic acids is 2. The van der Waals surface area contributed by atoms with Gasteiger partial charge >= 0.3 is 0 Å². The van der Waals surface area contributed by atoms with Gasteiger partial charge in [0.05, 0.1) is 12.2 Å². The van der Waals surface area contributed by atoms with Gasteiger partial charge in [0.25, 0.3) is 5.91 Å². The molecule has 0 bridgehead atoms. The van der Waals surface area contributed by atoms with Crippen LogP contribution in [-0.4, -0.2) is 23.6 Å². The second kappa shape index (κ2) is 6.08. The molecule has 2 aromatic rings. The highest BCUT2D eigenvalue weighted by Crippen LogP contribution is 2.29. The van der Waals surface area contributed by atoms with Crippen LogP contribution in [0.25, 0.3) is 0 Å². The lowest BCUT2D eigenvalue weighted by molar-refractivity contribution is -0.108. The number of amides is 1. The van der Waals surface area contributed by atoms with Crippen molar-refractivity contribution in [2.24, 2.45) is 0 Å². The Balaban J connectivity index is 1.82. The van der Waals surface area contributed by atoms with Crippen LogP contribution < -0.4 is 11.1 Å². The van der Waals surface area contributed by atoms with Gasteiger partial charge in [0.2, 0.25) is 0 Å². The maximum atomic E-state index is 13.9. The number of hydrogen-bond donors (Lipinski definition) is 2. The lowest BCUT2D eigenvalue weighted by Gasteiger charge is -2.13. The highest BCUT2D eigenvalue weighted by Gasteiger charge is 2.28. The van der Waals surface area contributed by atoms with Crippen LogP contribution in [0.1, 0.15) is 21.5 Å². The number of nitrogens with one attached hydrogen (secondary N) is 1. The Kier molecular flexibility index (Phi) is 3.97. The van der Waals surface area contributed by atoms with Gasteiger partial charge in [-0.1, -0.05) is 18.2 Å². The van der Waals surface area contributed by atoms with E-state index >= 15 is 0 Å². The fourth-order valence-electron chi connectivity index (χ4n) is 2.72. The van der Waals surface area contributed by atoms with E-state index in [-0.39, 0.29) is 24.7 Å². The van der Waals surface area contributed by atoms with Crippen LogP contribution in [0.2, 0.25) is 0 Å². The predicted octanol–water partition coefficient (Wildman–Crippen LogP) is 2.17. The lowest BCUT2D eigenvalue weighted by atomic mass is 10.1. The number of nitrogen functional groups attached to an aromatic ring is 1. The van der Waals surface area contributed by atoms with Crippen LogP contribution in [0, 0.1) is 5.82 Å². The molecule has 0 atom stereocenters. The molecule has 118 valence electrons. The van der Waals surface area contributed by atoms with Gasteiger partial charge in [-0.15, -0.1) is 0 Å². The van der Waals surface area contributed by atoms with Gasteiger partial charge in [-0.2, -0.15) is 0 Å². The quantitative estimate of drug-likeness (QED) is 0.655. The molecule has 0 aromatic heterocycles. The standard InChI is InChI=1S/C17H16FN3O2/c18-16-11(3-1-5-14(16)19)9-20-15-6-2-4-12-13(15)10-21(7-8-22)17(12)23/h1-6,8,20H,7,9-10,19H2. The Morgan fingerprint density at radius 3 is 2.83 bits per heavy atom. The minimum atomic E-state index is -0.439. The molecular formula is C17H16FN3O2. The second-order valence-corrected chi connectivity index (χ2v) is 5.36. The number of hydrogen-bond acceptors (Lipinski definition) is 4. The van der Waals surface area contributed by atoms with E-state index in [2.05, 4.69) is 5.32 Å². The molecule has 1 heterocycles. The van der Waals surface area contributed by atoms with Crippen molar-refractivity contribution in [3.63, 3.8) is 0 Å². The van der Waals surface area contributed by atoms with Crippen molar-refractivity contribution in [1.82, 2.24) is 4.90 Å². The van der Waals surface area contributed by atoms with Crippen LogP contribution in [0.4, 0.5) is 15.8 Å². The number of nitrogens with two attached hydrogens (primary N) is 1. The zero-order valence-corrected chi connectivity index (χ0v) is 12.4. The number of carbonyl (C=O) groups is 2. The topological polar surface area (TPSA) is 75.4 Å². The molecule has 0 aliphatic carbocycles. The second-order valence-electron chi connectivity index (χ2n) is 5.36. The summed E-state index contributed by atoms with van der Waals surface area (Å²) in [6, 6.07) is 10.2. The van der Waals surface area contributed by atoms with Gasteiger partial charge < -0.3 is 20.7 Å². The number of benzene rings is 2. The fraction of sp³-hybridized carbons (Fsp3) is 0.176. The first-order chi connectivity index (χ1) is 11.1. The normalized spacial score (nSPS) is 13.1. The smallest absolute Gasteiger partial charge is 0.254 e. The Morgan fingerprint density at radius 1 is 1.26 bits per heavy atom. The minimum absolute atomic E-state index is 0.0663. The number of rotatable bonds is 5.